The van der Waals surface area contributed by atoms with Gasteiger partial charge >= 0.3 is 0 Å². The minimum atomic E-state index is -0.971. The van der Waals surface area contributed by atoms with E-state index in [1.165, 1.54) is 0 Å². The standard InChI is InChI=1S/C28H36N4O4/c1-20-16-32(21(2)19-33)27(34)24-14-22(9-12-28(35)10-5-6-11-28)15-30-26(24)36-25(20)18-31(3)17-23-8-4-7-13-29-23/h4,7-8,13-15,20-21,25,33,35H,5-6,10-11,16-19H2,1-3H3/t20-,21+,25+/m1/s1. The second-order valence-corrected chi connectivity index (χ2v) is 10.2. The molecule has 8 heteroatoms. The highest BCUT2D eigenvalue weighted by molar-refractivity contribution is 5.97. The fraction of sp³-hybridized carbons (Fsp3) is 0.536. The molecule has 0 radical (unpaired) electrons. The molecule has 1 aliphatic heterocycles. The molecule has 2 N–H and O–H groups in total. The van der Waals surface area contributed by atoms with Crippen molar-refractivity contribution in [1.29, 1.82) is 0 Å². The fourth-order valence-electron chi connectivity index (χ4n) is 4.80. The molecule has 2 aromatic rings. The second-order valence-electron chi connectivity index (χ2n) is 10.2. The van der Waals surface area contributed by atoms with Crippen LogP contribution in [0.25, 0.3) is 0 Å². The van der Waals surface area contributed by atoms with E-state index in [4.69, 9.17) is 4.74 Å². The number of hydrogen-bond acceptors (Lipinski definition) is 7. The number of aliphatic hydroxyl groups is 2. The number of pyridine rings is 2. The Hall–Kier alpha value is -2.99. The largest absolute Gasteiger partial charge is 0.472 e. The predicted octanol–water partition coefficient (Wildman–Crippen LogP) is 2.49. The van der Waals surface area contributed by atoms with E-state index < -0.39 is 5.60 Å². The molecular formula is C28H36N4O4. The Kier molecular flexibility index (Phi) is 8.24. The molecule has 2 aromatic heterocycles. The lowest BCUT2D eigenvalue weighted by Gasteiger charge is -2.37. The molecule has 2 aliphatic rings. The third-order valence-electron chi connectivity index (χ3n) is 7.04. The van der Waals surface area contributed by atoms with Gasteiger partial charge in [-0.3, -0.25) is 14.7 Å². The monoisotopic (exact) mass is 492 g/mol. The number of aromatic nitrogens is 2. The first kappa shape index (κ1) is 26.1. The van der Waals surface area contributed by atoms with Crippen molar-refractivity contribution in [2.24, 2.45) is 5.92 Å². The maximum Gasteiger partial charge on any atom is 0.259 e. The highest BCUT2D eigenvalue weighted by Gasteiger charge is 2.34. The molecule has 1 amide bonds. The van der Waals surface area contributed by atoms with E-state index in [-0.39, 0.29) is 36.5 Å². The van der Waals surface area contributed by atoms with E-state index in [9.17, 15) is 15.0 Å². The van der Waals surface area contributed by atoms with Gasteiger partial charge in [0.2, 0.25) is 5.88 Å². The third-order valence-corrected chi connectivity index (χ3v) is 7.04. The maximum atomic E-state index is 13.6. The molecule has 0 saturated heterocycles. The molecule has 0 aromatic carbocycles. The predicted molar refractivity (Wildman–Crippen MR) is 136 cm³/mol. The second kappa shape index (κ2) is 11.4. The van der Waals surface area contributed by atoms with E-state index in [0.717, 1.165) is 18.5 Å². The number of fused-ring (bicyclic) bond motifs is 1. The van der Waals surface area contributed by atoms with Crippen molar-refractivity contribution in [1.82, 2.24) is 19.8 Å². The van der Waals surface area contributed by atoms with Crippen molar-refractivity contribution in [2.45, 2.75) is 63.8 Å². The number of nitrogens with zero attached hydrogens (tertiary/aromatic N) is 4. The summed E-state index contributed by atoms with van der Waals surface area (Å²) in [5, 5.41) is 20.5. The van der Waals surface area contributed by atoms with Gasteiger partial charge in [-0.2, -0.15) is 0 Å². The zero-order valence-electron chi connectivity index (χ0n) is 21.4. The van der Waals surface area contributed by atoms with Crippen molar-refractivity contribution < 1.29 is 19.7 Å². The SMILES string of the molecule is C[C@@H]1CN([C@@H](C)CO)C(=O)c2cc(C#CC3(O)CCCC3)cnc2O[C@H]1CN(C)Cc1ccccn1. The van der Waals surface area contributed by atoms with Crippen LogP contribution in [0.1, 0.15) is 61.1 Å². The summed E-state index contributed by atoms with van der Waals surface area (Å²) in [6.45, 7) is 5.47. The molecule has 36 heavy (non-hydrogen) atoms. The quantitative estimate of drug-likeness (QED) is 0.598. The Morgan fingerprint density at radius 1 is 1.31 bits per heavy atom. The van der Waals surface area contributed by atoms with Crippen LogP contribution in [0.2, 0.25) is 0 Å². The van der Waals surface area contributed by atoms with E-state index in [0.29, 0.717) is 43.6 Å². The average molecular weight is 493 g/mol. The van der Waals surface area contributed by atoms with Crippen LogP contribution in [-0.4, -0.2) is 80.4 Å². The van der Waals surface area contributed by atoms with Gasteiger partial charge in [-0.25, -0.2) is 4.98 Å². The molecule has 1 fully saturated rings. The van der Waals surface area contributed by atoms with Crippen molar-refractivity contribution in [3.63, 3.8) is 0 Å². The molecule has 3 atom stereocenters. The van der Waals surface area contributed by atoms with Crippen LogP contribution in [-0.2, 0) is 6.54 Å². The van der Waals surface area contributed by atoms with Crippen LogP contribution in [0.5, 0.6) is 5.88 Å². The van der Waals surface area contributed by atoms with Crippen molar-refractivity contribution >= 4 is 5.91 Å². The number of carbonyl (C=O) groups excluding carboxylic acids is 1. The summed E-state index contributed by atoms with van der Waals surface area (Å²) in [6.07, 6.45) is 6.39. The summed E-state index contributed by atoms with van der Waals surface area (Å²) < 4.78 is 6.36. The normalized spacial score (nSPS) is 22.2. The zero-order valence-corrected chi connectivity index (χ0v) is 21.4. The van der Waals surface area contributed by atoms with Gasteiger partial charge in [-0.05, 0) is 57.9 Å². The van der Waals surface area contributed by atoms with Crippen molar-refractivity contribution in [3.05, 3.63) is 53.5 Å². The molecule has 8 nitrogen and oxygen atoms in total. The summed E-state index contributed by atoms with van der Waals surface area (Å²) in [5.41, 5.74) is 0.876. The van der Waals surface area contributed by atoms with Gasteiger partial charge in [0.15, 0.2) is 0 Å². The Morgan fingerprint density at radius 2 is 2.08 bits per heavy atom. The Morgan fingerprint density at radius 3 is 2.78 bits per heavy atom. The molecular weight excluding hydrogens is 456 g/mol. The number of ether oxygens (including phenoxy) is 1. The van der Waals surface area contributed by atoms with Gasteiger partial charge in [-0.15, -0.1) is 0 Å². The van der Waals surface area contributed by atoms with Gasteiger partial charge in [-0.1, -0.05) is 24.8 Å². The Bertz CT molecular complexity index is 1110. The molecule has 1 saturated carbocycles. The van der Waals surface area contributed by atoms with Gasteiger partial charge in [0.1, 0.15) is 17.3 Å². The van der Waals surface area contributed by atoms with Crippen LogP contribution in [0, 0.1) is 17.8 Å². The number of carbonyl (C=O) groups is 1. The summed E-state index contributed by atoms with van der Waals surface area (Å²) in [6, 6.07) is 7.19. The first-order chi connectivity index (χ1) is 17.3. The van der Waals surface area contributed by atoms with Crippen LogP contribution in [0.4, 0.5) is 0 Å². The number of likely N-dealkylation sites (N-methyl/N-ethyl adjacent to an activating group) is 1. The first-order valence-corrected chi connectivity index (χ1v) is 12.7. The van der Waals surface area contributed by atoms with Gasteiger partial charge in [0, 0.05) is 43.5 Å². The first-order valence-electron chi connectivity index (χ1n) is 12.7. The molecule has 1 aliphatic carbocycles. The van der Waals surface area contributed by atoms with Crippen LogP contribution < -0.4 is 4.74 Å². The zero-order chi connectivity index (χ0) is 25.7. The number of aliphatic hydroxyl groups excluding tert-OH is 1. The van der Waals surface area contributed by atoms with Crippen LogP contribution in [0.3, 0.4) is 0 Å². The molecule has 192 valence electrons. The maximum absolute atomic E-state index is 13.6. The van der Waals surface area contributed by atoms with E-state index in [1.807, 2.05) is 32.2 Å². The summed E-state index contributed by atoms with van der Waals surface area (Å²) in [7, 11) is 2.02. The third kappa shape index (κ3) is 6.22. The van der Waals surface area contributed by atoms with Gasteiger partial charge in [0.05, 0.1) is 18.3 Å². The molecule has 0 bridgehead atoms. The van der Waals surface area contributed by atoms with E-state index in [2.05, 4.69) is 33.6 Å². The minimum Gasteiger partial charge on any atom is -0.472 e. The summed E-state index contributed by atoms with van der Waals surface area (Å²) >= 11 is 0. The highest BCUT2D eigenvalue weighted by atomic mass is 16.5. The Labute approximate surface area is 213 Å². The lowest BCUT2D eigenvalue weighted by atomic mass is 9.99. The summed E-state index contributed by atoms with van der Waals surface area (Å²) in [4.78, 5) is 26.3. The van der Waals surface area contributed by atoms with Gasteiger partial charge < -0.3 is 19.8 Å². The van der Waals surface area contributed by atoms with Gasteiger partial charge in [0.25, 0.3) is 5.91 Å². The van der Waals surface area contributed by atoms with E-state index in [1.54, 1.807) is 23.4 Å². The molecule has 0 unspecified atom stereocenters. The lowest BCUT2D eigenvalue weighted by Crippen LogP contribution is -2.49. The molecule has 4 rings (SSSR count). The smallest absolute Gasteiger partial charge is 0.259 e. The molecule has 0 spiro atoms. The van der Waals surface area contributed by atoms with Crippen LogP contribution in [0.15, 0.2) is 36.7 Å². The van der Waals surface area contributed by atoms with Crippen molar-refractivity contribution in [3.8, 4) is 17.7 Å². The number of hydrogen-bond donors (Lipinski definition) is 2. The molecule has 3 heterocycles. The fourth-order valence-corrected chi connectivity index (χ4v) is 4.80. The highest BCUT2D eigenvalue weighted by Crippen LogP contribution is 2.30. The average Bonchev–Trinajstić information content (AvgIpc) is 3.31. The minimum absolute atomic E-state index is 0.000152. The van der Waals surface area contributed by atoms with Crippen LogP contribution >= 0.6 is 0 Å². The Balaban J connectivity index is 1.61. The van der Waals surface area contributed by atoms with E-state index >= 15 is 0 Å². The lowest BCUT2D eigenvalue weighted by molar-refractivity contribution is 0.0324. The summed E-state index contributed by atoms with van der Waals surface area (Å²) in [5.74, 6) is 6.02. The number of rotatable bonds is 6. The number of amides is 1. The topological polar surface area (TPSA) is 99.0 Å². The van der Waals surface area contributed by atoms with Crippen molar-refractivity contribution in [2.75, 3.05) is 26.7 Å².